The van der Waals surface area contributed by atoms with Crippen LogP contribution < -0.4 is 5.32 Å². The fraction of sp³-hybridized carbons (Fsp3) is 0.857. The number of hydrogen-bond acceptors (Lipinski definition) is 4. The minimum Gasteiger partial charge on any atom is -0.388 e. The van der Waals surface area contributed by atoms with E-state index >= 15 is 0 Å². The third-order valence-electron chi connectivity index (χ3n) is 3.49. The molecule has 4 N–H and O–H groups in total. The second-order valence-electron chi connectivity index (χ2n) is 5.10. The van der Waals surface area contributed by atoms with Gasteiger partial charge >= 0.3 is 0 Å². The molecular weight excluding hydrogens is 230 g/mol. The van der Waals surface area contributed by atoms with Crippen molar-refractivity contribution in [2.75, 3.05) is 6.54 Å². The Hall–Kier alpha value is -0.420. The van der Waals surface area contributed by atoms with E-state index in [-0.39, 0.29) is 6.04 Å². The van der Waals surface area contributed by atoms with Gasteiger partial charge in [-0.3, -0.25) is 0 Å². The van der Waals surface area contributed by atoms with Crippen LogP contribution in [0.2, 0.25) is 0 Å². The Bertz CT molecular complexity index is 245. The van der Waals surface area contributed by atoms with Crippen LogP contribution in [0.15, 0.2) is 12.2 Å². The molecule has 0 aromatic carbocycles. The molecule has 0 fully saturated rings. The fourth-order valence-electron chi connectivity index (χ4n) is 2.24. The van der Waals surface area contributed by atoms with Gasteiger partial charge in [-0.2, -0.15) is 0 Å². The molecular formula is C14H27NO3. The van der Waals surface area contributed by atoms with Crippen LogP contribution in [-0.2, 0) is 0 Å². The van der Waals surface area contributed by atoms with Gasteiger partial charge in [-0.05, 0) is 13.0 Å². The molecule has 0 spiro atoms. The van der Waals surface area contributed by atoms with Crippen molar-refractivity contribution >= 4 is 0 Å². The standard InChI is InChI=1S/C14H27NO3/c1-2-3-4-5-6-7-10-15-11-8-9-12(16)14(18)13(11)17/h8-9,11-18H,2-7,10H2,1H3/t11-,12-,13+,14+/m1/s1. The number of nitrogens with one attached hydrogen (secondary N) is 1. The normalized spacial score (nSPS) is 31.8. The van der Waals surface area contributed by atoms with E-state index in [2.05, 4.69) is 12.2 Å². The lowest BCUT2D eigenvalue weighted by Crippen LogP contribution is -2.52. The van der Waals surface area contributed by atoms with Crippen LogP contribution in [-0.4, -0.2) is 46.2 Å². The van der Waals surface area contributed by atoms with Gasteiger partial charge in [0.25, 0.3) is 0 Å². The number of aliphatic hydroxyl groups is 3. The van der Waals surface area contributed by atoms with Gasteiger partial charge in [0.05, 0.1) is 6.04 Å². The molecule has 0 bridgehead atoms. The van der Waals surface area contributed by atoms with E-state index in [1.54, 1.807) is 6.08 Å². The fourth-order valence-corrected chi connectivity index (χ4v) is 2.24. The lowest BCUT2D eigenvalue weighted by Gasteiger charge is -2.31. The van der Waals surface area contributed by atoms with Crippen molar-refractivity contribution in [1.29, 1.82) is 0 Å². The Kier molecular flexibility index (Phi) is 7.51. The number of rotatable bonds is 8. The summed E-state index contributed by atoms with van der Waals surface area (Å²) in [5.41, 5.74) is 0. The maximum absolute atomic E-state index is 9.76. The van der Waals surface area contributed by atoms with Crippen molar-refractivity contribution in [2.24, 2.45) is 0 Å². The maximum Gasteiger partial charge on any atom is 0.111 e. The third kappa shape index (κ3) is 5.06. The first-order valence-corrected chi connectivity index (χ1v) is 7.12. The first-order chi connectivity index (χ1) is 8.66. The van der Waals surface area contributed by atoms with Crippen molar-refractivity contribution in [1.82, 2.24) is 5.32 Å². The maximum atomic E-state index is 9.76. The van der Waals surface area contributed by atoms with Crippen molar-refractivity contribution < 1.29 is 15.3 Å². The molecule has 4 atom stereocenters. The summed E-state index contributed by atoms with van der Waals surface area (Å²) in [6, 6.07) is -0.251. The lowest BCUT2D eigenvalue weighted by molar-refractivity contribution is -0.0564. The molecule has 1 aliphatic carbocycles. The molecule has 0 heterocycles. The molecule has 0 unspecified atom stereocenters. The molecule has 0 aliphatic heterocycles. The molecule has 1 rings (SSSR count). The summed E-state index contributed by atoms with van der Waals surface area (Å²) in [5.74, 6) is 0. The molecule has 0 amide bonds. The summed E-state index contributed by atoms with van der Waals surface area (Å²) in [4.78, 5) is 0. The topological polar surface area (TPSA) is 72.7 Å². The van der Waals surface area contributed by atoms with Crippen LogP contribution in [0.1, 0.15) is 45.4 Å². The van der Waals surface area contributed by atoms with Crippen molar-refractivity contribution in [3.05, 3.63) is 12.2 Å². The summed E-state index contributed by atoms with van der Waals surface area (Å²) in [5, 5.41) is 31.8. The second kappa shape index (κ2) is 8.64. The first-order valence-electron chi connectivity index (χ1n) is 7.12. The predicted molar refractivity (Wildman–Crippen MR) is 72.3 cm³/mol. The van der Waals surface area contributed by atoms with Gasteiger partial charge in [-0.15, -0.1) is 0 Å². The monoisotopic (exact) mass is 257 g/mol. The molecule has 106 valence electrons. The Morgan fingerprint density at radius 3 is 2.28 bits per heavy atom. The molecule has 0 aromatic rings. The van der Waals surface area contributed by atoms with Gasteiger partial charge in [0.15, 0.2) is 0 Å². The number of hydrogen-bond donors (Lipinski definition) is 4. The zero-order chi connectivity index (χ0) is 13.4. The minimum atomic E-state index is -1.09. The molecule has 1 aliphatic rings. The van der Waals surface area contributed by atoms with Crippen LogP contribution in [0.3, 0.4) is 0 Å². The van der Waals surface area contributed by atoms with Crippen LogP contribution in [0.5, 0.6) is 0 Å². The summed E-state index contributed by atoms with van der Waals surface area (Å²) < 4.78 is 0. The van der Waals surface area contributed by atoms with Gasteiger partial charge in [-0.25, -0.2) is 0 Å². The van der Waals surface area contributed by atoms with Gasteiger partial charge in [0.1, 0.15) is 18.3 Å². The molecule has 0 aromatic heterocycles. The quantitative estimate of drug-likeness (QED) is 0.386. The SMILES string of the molecule is CCCCCCCCN[C@@H]1C=C[C@@H](O)[C@H](O)[C@H]1O. The summed E-state index contributed by atoms with van der Waals surface area (Å²) in [6.07, 6.45) is 7.72. The molecule has 4 nitrogen and oxygen atoms in total. The summed E-state index contributed by atoms with van der Waals surface area (Å²) in [6.45, 7) is 3.04. The number of aliphatic hydroxyl groups excluding tert-OH is 3. The van der Waals surface area contributed by atoms with Gasteiger partial charge in [0.2, 0.25) is 0 Å². The third-order valence-corrected chi connectivity index (χ3v) is 3.49. The summed E-state index contributed by atoms with van der Waals surface area (Å²) in [7, 11) is 0. The first kappa shape index (κ1) is 15.6. The van der Waals surface area contributed by atoms with Gasteiger partial charge in [0, 0.05) is 0 Å². The van der Waals surface area contributed by atoms with E-state index in [0.717, 1.165) is 13.0 Å². The Balaban J connectivity index is 2.10. The Labute approximate surface area is 110 Å². The minimum absolute atomic E-state index is 0.251. The zero-order valence-electron chi connectivity index (χ0n) is 11.3. The number of unbranched alkanes of at least 4 members (excludes halogenated alkanes) is 5. The zero-order valence-corrected chi connectivity index (χ0v) is 11.3. The van der Waals surface area contributed by atoms with E-state index in [1.165, 1.54) is 38.2 Å². The van der Waals surface area contributed by atoms with Crippen LogP contribution in [0.25, 0.3) is 0 Å². The van der Waals surface area contributed by atoms with E-state index < -0.39 is 18.3 Å². The Morgan fingerprint density at radius 2 is 1.56 bits per heavy atom. The predicted octanol–water partition coefficient (Wildman–Crippen LogP) is 0.958. The summed E-state index contributed by atoms with van der Waals surface area (Å²) >= 11 is 0. The largest absolute Gasteiger partial charge is 0.388 e. The highest BCUT2D eigenvalue weighted by Gasteiger charge is 2.32. The van der Waals surface area contributed by atoms with Gasteiger partial charge < -0.3 is 20.6 Å². The Morgan fingerprint density at radius 1 is 0.889 bits per heavy atom. The van der Waals surface area contributed by atoms with E-state index in [4.69, 9.17) is 0 Å². The highest BCUT2D eigenvalue weighted by Crippen LogP contribution is 2.13. The highest BCUT2D eigenvalue weighted by atomic mass is 16.4. The second-order valence-corrected chi connectivity index (χ2v) is 5.10. The smallest absolute Gasteiger partial charge is 0.111 e. The lowest BCUT2D eigenvalue weighted by atomic mass is 9.94. The molecule has 4 heteroatoms. The van der Waals surface area contributed by atoms with Crippen molar-refractivity contribution in [3.8, 4) is 0 Å². The van der Waals surface area contributed by atoms with Crippen LogP contribution in [0.4, 0.5) is 0 Å². The van der Waals surface area contributed by atoms with Crippen LogP contribution in [0, 0.1) is 0 Å². The molecule has 0 saturated carbocycles. The highest BCUT2D eigenvalue weighted by molar-refractivity contribution is 5.10. The van der Waals surface area contributed by atoms with E-state index in [9.17, 15) is 15.3 Å². The van der Waals surface area contributed by atoms with E-state index in [1.807, 2.05) is 0 Å². The average molecular weight is 257 g/mol. The van der Waals surface area contributed by atoms with Crippen molar-refractivity contribution in [3.63, 3.8) is 0 Å². The van der Waals surface area contributed by atoms with E-state index in [0.29, 0.717) is 0 Å². The molecule has 0 radical (unpaired) electrons. The molecule has 0 saturated heterocycles. The average Bonchev–Trinajstić information content (AvgIpc) is 2.37. The van der Waals surface area contributed by atoms with Gasteiger partial charge in [-0.1, -0.05) is 51.2 Å². The van der Waals surface area contributed by atoms with Crippen LogP contribution >= 0.6 is 0 Å². The molecule has 18 heavy (non-hydrogen) atoms. The van der Waals surface area contributed by atoms with Crippen molar-refractivity contribution in [2.45, 2.75) is 69.8 Å².